The van der Waals surface area contributed by atoms with Crippen LogP contribution in [0.2, 0.25) is 0 Å². The van der Waals surface area contributed by atoms with E-state index in [1.54, 1.807) is 11.8 Å². The summed E-state index contributed by atoms with van der Waals surface area (Å²) < 4.78 is 5.16. The molecule has 2 heterocycles. The van der Waals surface area contributed by atoms with Gasteiger partial charge in [-0.05, 0) is 55.5 Å². The lowest BCUT2D eigenvalue weighted by Gasteiger charge is -2.28. The van der Waals surface area contributed by atoms with Crippen LogP contribution in [-0.2, 0) is 24.2 Å². The van der Waals surface area contributed by atoms with Crippen LogP contribution in [0.5, 0.6) is 0 Å². The smallest absolute Gasteiger partial charge is 0.276 e. The Labute approximate surface area is 175 Å². The molecule has 0 fully saturated rings. The molecule has 2 aromatic carbocycles. The van der Waals surface area contributed by atoms with Gasteiger partial charge >= 0.3 is 0 Å². The lowest BCUT2D eigenvalue weighted by Crippen LogP contribution is -2.36. The normalized spacial score (nSPS) is 13.1. The molecule has 0 saturated heterocycles. The van der Waals surface area contributed by atoms with Gasteiger partial charge in [0.25, 0.3) is 5.91 Å². The molecule has 2 amide bonds. The number of aromatic nitrogens is 1. The second-order valence-electron chi connectivity index (χ2n) is 7.75. The van der Waals surface area contributed by atoms with E-state index in [2.05, 4.69) is 34.6 Å². The van der Waals surface area contributed by atoms with Crippen molar-refractivity contribution in [2.45, 2.75) is 39.7 Å². The molecule has 3 aromatic rings. The van der Waals surface area contributed by atoms with Crippen molar-refractivity contribution in [1.29, 1.82) is 0 Å². The van der Waals surface area contributed by atoms with Crippen LogP contribution in [0.4, 0.5) is 5.69 Å². The summed E-state index contributed by atoms with van der Waals surface area (Å²) in [6.45, 7) is 4.92. The van der Waals surface area contributed by atoms with Gasteiger partial charge in [0, 0.05) is 25.2 Å². The summed E-state index contributed by atoms with van der Waals surface area (Å²) >= 11 is 0. The number of nitrogens with one attached hydrogen (secondary N) is 1. The van der Waals surface area contributed by atoms with Crippen LogP contribution in [0, 0.1) is 13.8 Å². The maximum Gasteiger partial charge on any atom is 0.276 e. The molecule has 0 spiro atoms. The molecule has 0 saturated carbocycles. The Morgan fingerprint density at radius 1 is 1.10 bits per heavy atom. The number of fused-ring (bicyclic) bond motifs is 1. The molecular weight excluding hydrogens is 378 g/mol. The van der Waals surface area contributed by atoms with E-state index in [1.165, 1.54) is 17.5 Å². The van der Waals surface area contributed by atoms with Gasteiger partial charge in [-0.3, -0.25) is 9.59 Å². The van der Waals surface area contributed by atoms with Crippen molar-refractivity contribution in [2.24, 2.45) is 0 Å². The van der Waals surface area contributed by atoms with Gasteiger partial charge in [-0.2, -0.15) is 0 Å². The number of amides is 2. The molecule has 1 N–H and O–H groups in total. The number of nitrogens with zero attached hydrogens (tertiary/aromatic N) is 2. The van der Waals surface area contributed by atoms with Crippen LogP contribution < -0.4 is 5.32 Å². The highest BCUT2D eigenvalue weighted by molar-refractivity contribution is 5.93. The minimum absolute atomic E-state index is 0.0162. The maximum absolute atomic E-state index is 12.7. The van der Waals surface area contributed by atoms with Crippen LogP contribution >= 0.6 is 0 Å². The van der Waals surface area contributed by atoms with Gasteiger partial charge in [0.15, 0.2) is 12.1 Å². The van der Waals surface area contributed by atoms with Gasteiger partial charge in [0.05, 0.1) is 0 Å². The number of hydrogen-bond acceptors (Lipinski definition) is 4. The number of hydrogen-bond donors (Lipinski definition) is 1. The molecule has 6 nitrogen and oxygen atoms in total. The summed E-state index contributed by atoms with van der Waals surface area (Å²) in [5.74, 6) is 0.386. The van der Waals surface area contributed by atoms with Crippen molar-refractivity contribution in [3.8, 4) is 0 Å². The maximum atomic E-state index is 12.7. The van der Waals surface area contributed by atoms with Gasteiger partial charge in [-0.15, -0.1) is 0 Å². The van der Waals surface area contributed by atoms with E-state index in [4.69, 9.17) is 4.42 Å². The summed E-state index contributed by atoms with van der Waals surface area (Å²) in [5, 5.41) is 2.98. The fourth-order valence-corrected chi connectivity index (χ4v) is 3.70. The van der Waals surface area contributed by atoms with Gasteiger partial charge in [0.1, 0.15) is 5.76 Å². The Hall–Kier alpha value is -3.41. The predicted molar refractivity (Wildman–Crippen MR) is 114 cm³/mol. The van der Waals surface area contributed by atoms with Crippen LogP contribution in [0.25, 0.3) is 0 Å². The van der Waals surface area contributed by atoms with Crippen molar-refractivity contribution < 1.29 is 14.0 Å². The number of carbonyl (C=O) groups is 2. The topological polar surface area (TPSA) is 75.4 Å². The predicted octanol–water partition coefficient (Wildman–Crippen LogP) is 4.06. The molecule has 1 aromatic heterocycles. The molecule has 6 heteroatoms. The fraction of sp³-hybridized carbons (Fsp3) is 0.292. The number of carbonyl (C=O) groups excluding carboxylic acids is 2. The zero-order valence-corrected chi connectivity index (χ0v) is 17.3. The number of aryl methyl sites for hydroxylation is 3. The monoisotopic (exact) mass is 403 g/mol. The first-order valence-corrected chi connectivity index (χ1v) is 10.2. The van der Waals surface area contributed by atoms with Crippen molar-refractivity contribution in [1.82, 2.24) is 9.88 Å². The first-order chi connectivity index (χ1) is 14.5. The molecule has 154 valence electrons. The van der Waals surface area contributed by atoms with Crippen LogP contribution in [0.3, 0.4) is 0 Å². The number of anilines is 1. The van der Waals surface area contributed by atoms with Gasteiger partial charge in [-0.1, -0.05) is 35.9 Å². The molecule has 30 heavy (non-hydrogen) atoms. The van der Waals surface area contributed by atoms with E-state index in [0.717, 1.165) is 23.2 Å². The number of rotatable bonds is 5. The largest absolute Gasteiger partial charge is 0.448 e. The molecule has 0 radical (unpaired) electrons. The number of oxazole rings is 1. The summed E-state index contributed by atoms with van der Waals surface area (Å²) in [7, 11) is 0. The van der Waals surface area contributed by atoms with Gasteiger partial charge in [-0.25, -0.2) is 4.98 Å². The van der Waals surface area contributed by atoms with Gasteiger partial charge in [0.2, 0.25) is 5.91 Å². The van der Waals surface area contributed by atoms with E-state index in [-0.39, 0.29) is 11.8 Å². The lowest BCUT2D eigenvalue weighted by atomic mass is 9.98. The highest BCUT2D eigenvalue weighted by Gasteiger charge is 2.25. The van der Waals surface area contributed by atoms with Crippen molar-refractivity contribution in [2.75, 3.05) is 11.9 Å². The summed E-state index contributed by atoms with van der Waals surface area (Å²) in [4.78, 5) is 30.9. The third kappa shape index (κ3) is 4.43. The third-order valence-corrected chi connectivity index (χ3v) is 5.50. The molecule has 1 aliphatic rings. The minimum Gasteiger partial charge on any atom is -0.448 e. The molecule has 4 rings (SSSR count). The molecule has 0 unspecified atom stereocenters. The van der Waals surface area contributed by atoms with E-state index < -0.39 is 0 Å². The number of benzene rings is 2. The summed E-state index contributed by atoms with van der Waals surface area (Å²) in [5.41, 5.74) is 5.73. The van der Waals surface area contributed by atoms with Crippen molar-refractivity contribution >= 4 is 17.5 Å². The Morgan fingerprint density at radius 2 is 1.90 bits per heavy atom. The van der Waals surface area contributed by atoms with Crippen LogP contribution in [0.15, 0.2) is 53.3 Å². The first kappa shape index (κ1) is 19.9. The highest BCUT2D eigenvalue weighted by Crippen LogP contribution is 2.24. The third-order valence-electron chi connectivity index (χ3n) is 5.50. The van der Waals surface area contributed by atoms with E-state index >= 15 is 0 Å². The van der Waals surface area contributed by atoms with Crippen LogP contribution in [0.1, 0.15) is 44.9 Å². The average molecular weight is 403 g/mol. The Balaban J connectivity index is 1.38. The summed E-state index contributed by atoms with van der Waals surface area (Å²) in [6.07, 6.45) is 3.21. The summed E-state index contributed by atoms with van der Waals surface area (Å²) in [6, 6.07) is 14.2. The average Bonchev–Trinajstić information content (AvgIpc) is 3.18. The van der Waals surface area contributed by atoms with Gasteiger partial charge < -0.3 is 14.6 Å². The van der Waals surface area contributed by atoms with E-state index in [9.17, 15) is 9.59 Å². The second kappa shape index (κ2) is 8.53. The SMILES string of the molecule is Cc1ccc(CCC(=O)Nc2ccc3c(c2)CN(C(=O)c2ncoc2C)CC3)cc1. The second-order valence-corrected chi connectivity index (χ2v) is 7.75. The van der Waals surface area contributed by atoms with Crippen molar-refractivity contribution in [3.05, 3.63) is 82.6 Å². The first-order valence-electron chi connectivity index (χ1n) is 10.2. The van der Waals surface area contributed by atoms with Crippen molar-refractivity contribution in [3.63, 3.8) is 0 Å². The van der Waals surface area contributed by atoms with Crippen LogP contribution in [-0.4, -0.2) is 28.2 Å². The molecule has 0 atom stereocenters. The molecular formula is C24H25N3O3. The zero-order valence-electron chi connectivity index (χ0n) is 17.3. The van der Waals surface area contributed by atoms with E-state index in [0.29, 0.717) is 37.4 Å². The Bertz CT molecular complexity index is 1070. The molecule has 0 aliphatic carbocycles. The minimum atomic E-state index is -0.126. The zero-order chi connectivity index (χ0) is 21.1. The molecule has 1 aliphatic heterocycles. The standard InChI is InChI=1S/C24H25N3O3/c1-16-3-5-18(6-4-16)7-10-22(28)26-21-9-8-19-11-12-27(14-20(19)13-21)24(29)23-17(2)30-15-25-23/h3-6,8-9,13,15H,7,10-12,14H2,1-2H3,(H,26,28). The van der Waals surface area contributed by atoms with E-state index in [1.807, 2.05) is 25.1 Å². The Morgan fingerprint density at radius 3 is 2.63 bits per heavy atom. The fourth-order valence-electron chi connectivity index (χ4n) is 3.70. The Kier molecular flexibility index (Phi) is 5.65. The quantitative estimate of drug-likeness (QED) is 0.697. The highest BCUT2D eigenvalue weighted by atomic mass is 16.3. The lowest BCUT2D eigenvalue weighted by molar-refractivity contribution is -0.116. The molecule has 0 bridgehead atoms.